The fraction of sp³-hybridized carbons (Fsp3) is 0.250. The molecule has 94 valence electrons. The molecule has 1 aromatic heterocycles. The Hall–Kier alpha value is -2.37. The molecule has 0 unspecified atom stereocenters. The maximum Gasteiger partial charge on any atom is 0.325 e. The first-order valence-corrected chi connectivity index (χ1v) is 5.42. The molecule has 0 amide bonds. The van der Waals surface area contributed by atoms with Crippen molar-refractivity contribution in [3.05, 3.63) is 24.3 Å². The number of ether oxygens (including phenoxy) is 1. The van der Waals surface area contributed by atoms with E-state index in [4.69, 9.17) is 5.73 Å². The molecule has 0 radical (unpaired) electrons. The van der Waals surface area contributed by atoms with Crippen LogP contribution in [-0.2, 0) is 9.53 Å². The Balaban J connectivity index is 2.38. The zero-order chi connectivity index (χ0) is 13.1. The molecule has 1 heterocycles. The van der Waals surface area contributed by atoms with Gasteiger partial charge in [-0.15, -0.1) is 0 Å². The van der Waals surface area contributed by atoms with Crippen molar-refractivity contribution in [2.24, 2.45) is 0 Å². The lowest BCUT2D eigenvalue weighted by atomic mass is 10.3. The summed E-state index contributed by atoms with van der Waals surface area (Å²) in [5.74, 6) is 0.408. The molecule has 0 aliphatic rings. The first kappa shape index (κ1) is 12.1. The number of esters is 1. The number of carbonyl (C=O) groups is 1. The summed E-state index contributed by atoms with van der Waals surface area (Å²) in [7, 11) is 3.05. The van der Waals surface area contributed by atoms with Gasteiger partial charge in [0.25, 0.3) is 0 Å². The van der Waals surface area contributed by atoms with Crippen LogP contribution < -0.4 is 10.6 Å². The molecule has 0 bridgehead atoms. The van der Waals surface area contributed by atoms with E-state index in [0.717, 1.165) is 11.0 Å². The highest BCUT2D eigenvalue weighted by Crippen LogP contribution is 2.21. The van der Waals surface area contributed by atoms with Gasteiger partial charge >= 0.3 is 5.97 Å². The number of anilines is 2. The highest BCUT2D eigenvalue weighted by Gasteiger charge is 2.13. The number of aromatic nitrogens is 2. The van der Waals surface area contributed by atoms with Crippen LogP contribution in [0.3, 0.4) is 0 Å². The predicted octanol–water partition coefficient (Wildman–Crippen LogP) is 0.821. The predicted molar refractivity (Wildman–Crippen MR) is 69.2 cm³/mol. The summed E-state index contributed by atoms with van der Waals surface area (Å²) in [5, 5.41) is 0. The minimum absolute atomic E-state index is 0.0771. The zero-order valence-corrected chi connectivity index (χ0v) is 10.3. The number of benzene rings is 1. The molecule has 0 atom stereocenters. The summed E-state index contributed by atoms with van der Waals surface area (Å²) in [5.41, 5.74) is 7.30. The second kappa shape index (κ2) is 4.87. The van der Waals surface area contributed by atoms with Crippen molar-refractivity contribution in [3.8, 4) is 0 Å². The number of rotatable bonds is 3. The van der Waals surface area contributed by atoms with E-state index in [0.29, 0.717) is 11.6 Å². The molecule has 18 heavy (non-hydrogen) atoms. The molecular weight excluding hydrogens is 232 g/mol. The third-order valence-electron chi connectivity index (χ3n) is 2.53. The van der Waals surface area contributed by atoms with Crippen LogP contribution in [0.25, 0.3) is 11.0 Å². The Morgan fingerprint density at radius 2 is 1.94 bits per heavy atom. The number of carbonyl (C=O) groups excluding carboxylic acids is 1. The number of fused-ring (bicyclic) bond motifs is 1. The van der Waals surface area contributed by atoms with Crippen molar-refractivity contribution >= 4 is 28.6 Å². The Morgan fingerprint density at radius 1 is 1.33 bits per heavy atom. The number of nitrogen functional groups attached to an aromatic ring is 1. The van der Waals surface area contributed by atoms with E-state index in [-0.39, 0.29) is 12.5 Å². The van der Waals surface area contributed by atoms with Gasteiger partial charge in [-0.1, -0.05) is 12.1 Å². The normalized spacial score (nSPS) is 10.3. The van der Waals surface area contributed by atoms with Crippen LogP contribution in [0, 0.1) is 0 Å². The number of nitrogens with two attached hydrogens (primary N) is 1. The topological polar surface area (TPSA) is 81.3 Å². The standard InChI is InChI=1S/C12H14N4O2/c1-16(7-10(17)18-2)12-11(13)14-8-5-3-4-6-9(8)15-12/h3-6H,7H2,1-2H3,(H2,13,14). The summed E-state index contributed by atoms with van der Waals surface area (Å²) in [6, 6.07) is 7.42. The second-order valence-electron chi connectivity index (χ2n) is 3.85. The Bertz CT molecular complexity index is 585. The van der Waals surface area contributed by atoms with E-state index < -0.39 is 0 Å². The molecule has 1 aromatic carbocycles. The molecule has 6 heteroatoms. The first-order chi connectivity index (χ1) is 8.61. The molecule has 0 aliphatic heterocycles. The van der Waals surface area contributed by atoms with Gasteiger partial charge in [0, 0.05) is 7.05 Å². The van der Waals surface area contributed by atoms with Crippen LogP contribution in [0.15, 0.2) is 24.3 Å². The van der Waals surface area contributed by atoms with Crippen LogP contribution in [0.4, 0.5) is 11.6 Å². The Kier molecular flexibility index (Phi) is 3.27. The van der Waals surface area contributed by atoms with Crippen LogP contribution in [0.5, 0.6) is 0 Å². The number of hydrogen-bond acceptors (Lipinski definition) is 6. The molecule has 0 fully saturated rings. The average molecular weight is 246 g/mol. The first-order valence-electron chi connectivity index (χ1n) is 5.42. The number of hydrogen-bond donors (Lipinski definition) is 1. The summed E-state index contributed by atoms with van der Waals surface area (Å²) < 4.78 is 4.60. The monoisotopic (exact) mass is 246 g/mol. The molecule has 2 rings (SSSR count). The van der Waals surface area contributed by atoms with Gasteiger partial charge in [-0.25, -0.2) is 9.97 Å². The van der Waals surface area contributed by atoms with Gasteiger partial charge in [-0.3, -0.25) is 4.79 Å². The zero-order valence-electron chi connectivity index (χ0n) is 10.3. The lowest BCUT2D eigenvalue weighted by Gasteiger charge is -2.18. The number of likely N-dealkylation sites (N-methyl/N-ethyl adjacent to an activating group) is 1. The van der Waals surface area contributed by atoms with Crippen molar-refractivity contribution in [3.63, 3.8) is 0 Å². The average Bonchev–Trinajstić information content (AvgIpc) is 2.37. The van der Waals surface area contributed by atoms with Gasteiger partial charge < -0.3 is 15.4 Å². The van der Waals surface area contributed by atoms with Crippen molar-refractivity contribution in [1.82, 2.24) is 9.97 Å². The van der Waals surface area contributed by atoms with Crippen LogP contribution in [-0.4, -0.2) is 36.6 Å². The van der Waals surface area contributed by atoms with Crippen molar-refractivity contribution in [2.75, 3.05) is 31.3 Å². The summed E-state index contributed by atoms with van der Waals surface area (Å²) in [6.45, 7) is 0.0771. The molecule has 0 spiro atoms. The van der Waals surface area contributed by atoms with E-state index in [9.17, 15) is 4.79 Å². The highest BCUT2D eigenvalue weighted by atomic mass is 16.5. The highest BCUT2D eigenvalue weighted by molar-refractivity contribution is 5.82. The lowest BCUT2D eigenvalue weighted by Crippen LogP contribution is -2.28. The minimum Gasteiger partial charge on any atom is -0.468 e. The fourth-order valence-electron chi connectivity index (χ4n) is 1.62. The van der Waals surface area contributed by atoms with E-state index >= 15 is 0 Å². The molecule has 0 saturated heterocycles. The molecule has 2 aromatic rings. The fourth-order valence-corrected chi connectivity index (χ4v) is 1.62. The quantitative estimate of drug-likeness (QED) is 0.807. The van der Waals surface area contributed by atoms with E-state index in [1.807, 2.05) is 24.3 Å². The molecule has 0 aliphatic carbocycles. The van der Waals surface area contributed by atoms with Gasteiger partial charge in [0.05, 0.1) is 18.1 Å². The van der Waals surface area contributed by atoms with Gasteiger partial charge in [-0.2, -0.15) is 0 Å². The number of methoxy groups -OCH3 is 1. The third-order valence-corrected chi connectivity index (χ3v) is 2.53. The smallest absolute Gasteiger partial charge is 0.325 e. The molecule has 2 N–H and O–H groups in total. The van der Waals surface area contributed by atoms with Gasteiger partial charge in [0.15, 0.2) is 11.6 Å². The van der Waals surface area contributed by atoms with Crippen LogP contribution in [0.2, 0.25) is 0 Å². The van der Waals surface area contributed by atoms with Crippen molar-refractivity contribution < 1.29 is 9.53 Å². The van der Waals surface area contributed by atoms with Gasteiger partial charge in [0.1, 0.15) is 6.54 Å². The van der Waals surface area contributed by atoms with Crippen LogP contribution in [0.1, 0.15) is 0 Å². The third kappa shape index (κ3) is 2.32. The Labute approximate surface area is 104 Å². The SMILES string of the molecule is COC(=O)CN(C)c1nc2ccccc2nc1N. The molecular formula is C12H14N4O2. The van der Waals surface area contributed by atoms with E-state index in [1.165, 1.54) is 7.11 Å². The maximum absolute atomic E-state index is 11.2. The number of nitrogens with zero attached hydrogens (tertiary/aromatic N) is 3. The summed E-state index contributed by atoms with van der Waals surface area (Å²) >= 11 is 0. The summed E-state index contributed by atoms with van der Waals surface area (Å²) in [6.07, 6.45) is 0. The van der Waals surface area contributed by atoms with Gasteiger partial charge in [-0.05, 0) is 12.1 Å². The minimum atomic E-state index is -0.355. The van der Waals surface area contributed by atoms with Gasteiger partial charge in [0.2, 0.25) is 0 Å². The Morgan fingerprint density at radius 3 is 2.56 bits per heavy atom. The summed E-state index contributed by atoms with van der Waals surface area (Å²) in [4.78, 5) is 21.5. The largest absolute Gasteiger partial charge is 0.468 e. The van der Waals surface area contributed by atoms with Crippen molar-refractivity contribution in [2.45, 2.75) is 0 Å². The lowest BCUT2D eigenvalue weighted by molar-refractivity contribution is -0.138. The number of para-hydroxylation sites is 2. The van der Waals surface area contributed by atoms with Crippen molar-refractivity contribution in [1.29, 1.82) is 0 Å². The molecule has 6 nitrogen and oxygen atoms in total. The maximum atomic E-state index is 11.2. The van der Waals surface area contributed by atoms with Crippen LogP contribution >= 0.6 is 0 Å². The second-order valence-corrected chi connectivity index (χ2v) is 3.85. The van der Waals surface area contributed by atoms with E-state index in [2.05, 4.69) is 14.7 Å². The molecule has 0 saturated carbocycles. The van der Waals surface area contributed by atoms with E-state index in [1.54, 1.807) is 11.9 Å².